The first kappa shape index (κ1) is 13.4. The molecule has 2 rings (SSSR count). The minimum absolute atomic E-state index is 0.0347. The van der Waals surface area contributed by atoms with Crippen LogP contribution in [0.5, 0.6) is 0 Å². The van der Waals surface area contributed by atoms with Crippen LogP contribution < -0.4 is 0 Å². The molecule has 0 aromatic heterocycles. The number of ether oxygens (including phenoxy) is 1. The van der Waals surface area contributed by atoms with Crippen molar-refractivity contribution in [3.05, 3.63) is 47.5 Å². The summed E-state index contributed by atoms with van der Waals surface area (Å²) in [4.78, 5) is 0. The Morgan fingerprint density at radius 2 is 1.94 bits per heavy atom. The van der Waals surface area contributed by atoms with Crippen molar-refractivity contribution < 1.29 is 4.74 Å². The van der Waals surface area contributed by atoms with Crippen LogP contribution in [-0.2, 0) is 11.3 Å². The van der Waals surface area contributed by atoms with E-state index in [9.17, 15) is 0 Å². The zero-order chi connectivity index (χ0) is 13.0. The monoisotopic (exact) mass is 244 g/mol. The Labute approximate surface area is 111 Å². The zero-order valence-corrected chi connectivity index (χ0v) is 11.8. The molecule has 0 aliphatic heterocycles. The minimum atomic E-state index is -0.0347. The molecular weight excluding hydrogens is 220 g/mol. The predicted molar refractivity (Wildman–Crippen MR) is 76.4 cm³/mol. The van der Waals surface area contributed by atoms with Gasteiger partial charge in [-0.05, 0) is 51.5 Å². The average Bonchev–Trinajstić information content (AvgIpc) is 2.38. The molecule has 0 spiro atoms. The van der Waals surface area contributed by atoms with Gasteiger partial charge in [0.25, 0.3) is 0 Å². The van der Waals surface area contributed by atoms with E-state index in [1.54, 1.807) is 0 Å². The summed E-state index contributed by atoms with van der Waals surface area (Å²) in [5.41, 5.74) is 2.76. The van der Waals surface area contributed by atoms with Crippen molar-refractivity contribution in [2.75, 3.05) is 0 Å². The van der Waals surface area contributed by atoms with Crippen LogP contribution >= 0.6 is 0 Å². The lowest BCUT2D eigenvalue weighted by Gasteiger charge is -2.36. The zero-order valence-electron chi connectivity index (χ0n) is 11.8. The van der Waals surface area contributed by atoms with Crippen molar-refractivity contribution in [3.8, 4) is 0 Å². The molecule has 1 aromatic rings. The second-order valence-corrected chi connectivity index (χ2v) is 5.90. The van der Waals surface area contributed by atoms with Crippen molar-refractivity contribution in [1.82, 2.24) is 0 Å². The molecule has 1 nitrogen and oxygen atoms in total. The number of hydrogen-bond acceptors (Lipinski definition) is 1. The maximum atomic E-state index is 6.16. The molecule has 0 saturated carbocycles. The smallest absolute Gasteiger partial charge is 0.0724 e. The van der Waals surface area contributed by atoms with Gasteiger partial charge in [-0.25, -0.2) is 0 Å². The Kier molecular flexibility index (Phi) is 4.23. The summed E-state index contributed by atoms with van der Waals surface area (Å²) in [6, 6.07) is 10.4. The topological polar surface area (TPSA) is 9.23 Å². The van der Waals surface area contributed by atoms with Gasteiger partial charge in [-0.2, -0.15) is 0 Å². The van der Waals surface area contributed by atoms with E-state index in [4.69, 9.17) is 4.74 Å². The standard InChI is InChI=1S/C17H24O/c1-14-9-11-16(12-10-14)17(2,3)18-13-15-7-5-4-6-8-15/h4-9,16H,10-13H2,1-3H3. The Bertz CT molecular complexity index is 403. The first-order valence-corrected chi connectivity index (χ1v) is 6.91. The number of hydrogen-bond donors (Lipinski definition) is 0. The summed E-state index contributed by atoms with van der Waals surface area (Å²) in [6.07, 6.45) is 6.02. The number of allylic oxidation sites excluding steroid dienone is 2. The summed E-state index contributed by atoms with van der Waals surface area (Å²) in [6.45, 7) is 7.41. The third-order valence-corrected chi connectivity index (χ3v) is 4.07. The first-order valence-electron chi connectivity index (χ1n) is 6.91. The molecule has 1 unspecified atom stereocenters. The highest BCUT2D eigenvalue weighted by Gasteiger charge is 2.30. The summed E-state index contributed by atoms with van der Waals surface area (Å²) in [7, 11) is 0. The summed E-state index contributed by atoms with van der Waals surface area (Å²) >= 11 is 0. The van der Waals surface area contributed by atoms with Gasteiger partial charge >= 0.3 is 0 Å². The van der Waals surface area contributed by atoms with Crippen LogP contribution in [0.3, 0.4) is 0 Å². The first-order chi connectivity index (χ1) is 8.58. The van der Waals surface area contributed by atoms with Crippen LogP contribution in [0.25, 0.3) is 0 Å². The maximum absolute atomic E-state index is 6.16. The Hall–Kier alpha value is -1.08. The molecule has 0 heterocycles. The van der Waals surface area contributed by atoms with E-state index in [0.717, 1.165) is 6.42 Å². The SMILES string of the molecule is CC1=CCC(C(C)(C)OCc2ccccc2)CC1. The van der Waals surface area contributed by atoms with Gasteiger partial charge in [-0.1, -0.05) is 42.0 Å². The van der Waals surface area contributed by atoms with E-state index in [1.807, 2.05) is 6.07 Å². The van der Waals surface area contributed by atoms with Crippen LogP contribution in [-0.4, -0.2) is 5.60 Å². The number of benzene rings is 1. The summed E-state index contributed by atoms with van der Waals surface area (Å²) < 4.78 is 6.16. The average molecular weight is 244 g/mol. The lowest BCUT2D eigenvalue weighted by Crippen LogP contribution is -2.35. The highest BCUT2D eigenvalue weighted by atomic mass is 16.5. The molecular formula is C17H24O. The largest absolute Gasteiger partial charge is 0.371 e. The van der Waals surface area contributed by atoms with Gasteiger partial charge in [0.15, 0.2) is 0 Å². The van der Waals surface area contributed by atoms with E-state index in [2.05, 4.69) is 51.1 Å². The summed E-state index contributed by atoms with van der Waals surface area (Å²) in [5.74, 6) is 0.643. The molecule has 1 aliphatic carbocycles. The highest BCUT2D eigenvalue weighted by molar-refractivity contribution is 5.13. The number of rotatable bonds is 4. The predicted octanol–water partition coefficient (Wildman–Crippen LogP) is 4.73. The van der Waals surface area contributed by atoms with Crippen molar-refractivity contribution in [2.24, 2.45) is 5.92 Å². The molecule has 0 amide bonds. The van der Waals surface area contributed by atoms with E-state index >= 15 is 0 Å². The quantitative estimate of drug-likeness (QED) is 0.696. The van der Waals surface area contributed by atoms with E-state index in [0.29, 0.717) is 12.5 Å². The molecule has 1 atom stereocenters. The van der Waals surface area contributed by atoms with E-state index in [1.165, 1.54) is 24.0 Å². The molecule has 0 saturated heterocycles. The van der Waals surface area contributed by atoms with Crippen LogP contribution in [0.15, 0.2) is 42.0 Å². The van der Waals surface area contributed by atoms with Crippen molar-refractivity contribution in [2.45, 2.75) is 52.2 Å². The molecule has 18 heavy (non-hydrogen) atoms. The van der Waals surface area contributed by atoms with E-state index in [-0.39, 0.29) is 5.60 Å². The minimum Gasteiger partial charge on any atom is -0.371 e. The van der Waals surface area contributed by atoms with Gasteiger partial charge in [-0.15, -0.1) is 0 Å². The third kappa shape index (κ3) is 3.46. The maximum Gasteiger partial charge on any atom is 0.0724 e. The molecule has 1 heteroatoms. The molecule has 0 bridgehead atoms. The van der Waals surface area contributed by atoms with Crippen molar-refractivity contribution in [1.29, 1.82) is 0 Å². The van der Waals surface area contributed by atoms with Crippen LogP contribution in [0, 0.1) is 5.92 Å². The van der Waals surface area contributed by atoms with Gasteiger partial charge in [-0.3, -0.25) is 0 Å². The van der Waals surface area contributed by atoms with Gasteiger partial charge in [0, 0.05) is 0 Å². The van der Waals surface area contributed by atoms with Crippen molar-refractivity contribution in [3.63, 3.8) is 0 Å². The van der Waals surface area contributed by atoms with Crippen LogP contribution in [0.1, 0.15) is 45.6 Å². The van der Waals surface area contributed by atoms with Gasteiger partial charge in [0.2, 0.25) is 0 Å². The van der Waals surface area contributed by atoms with Crippen LogP contribution in [0.2, 0.25) is 0 Å². The second kappa shape index (κ2) is 5.71. The van der Waals surface area contributed by atoms with Gasteiger partial charge < -0.3 is 4.74 Å². The lowest BCUT2D eigenvalue weighted by molar-refractivity contribution is -0.0732. The molecule has 1 aromatic carbocycles. The molecule has 98 valence electrons. The normalized spacial score (nSPS) is 20.6. The molecule has 1 aliphatic rings. The van der Waals surface area contributed by atoms with Gasteiger partial charge in [0.1, 0.15) is 0 Å². The fourth-order valence-electron chi connectivity index (χ4n) is 2.56. The van der Waals surface area contributed by atoms with Gasteiger partial charge in [0.05, 0.1) is 12.2 Å². The lowest BCUT2D eigenvalue weighted by atomic mass is 9.79. The van der Waals surface area contributed by atoms with E-state index < -0.39 is 0 Å². The fourth-order valence-corrected chi connectivity index (χ4v) is 2.56. The van der Waals surface area contributed by atoms with Crippen LogP contribution in [0.4, 0.5) is 0 Å². The molecule has 0 radical (unpaired) electrons. The molecule has 0 fully saturated rings. The fraction of sp³-hybridized carbons (Fsp3) is 0.529. The molecule has 0 N–H and O–H groups in total. The third-order valence-electron chi connectivity index (χ3n) is 4.07. The Morgan fingerprint density at radius 3 is 2.56 bits per heavy atom. The van der Waals surface area contributed by atoms with Crippen molar-refractivity contribution >= 4 is 0 Å². The second-order valence-electron chi connectivity index (χ2n) is 5.90. The Balaban J connectivity index is 1.91. The Morgan fingerprint density at radius 1 is 1.22 bits per heavy atom. The summed E-state index contributed by atoms with van der Waals surface area (Å²) in [5, 5.41) is 0. The highest BCUT2D eigenvalue weighted by Crippen LogP contribution is 2.34.